The third kappa shape index (κ3) is 3.61. The maximum absolute atomic E-state index is 12.0. The van der Waals surface area contributed by atoms with E-state index >= 15 is 0 Å². The number of alkyl halides is 3. The van der Waals surface area contributed by atoms with E-state index in [0.29, 0.717) is 6.07 Å². The minimum atomic E-state index is -5.08. The molecule has 0 heterocycles. The van der Waals surface area contributed by atoms with Gasteiger partial charge < -0.3 is 4.74 Å². The molecule has 0 fully saturated rings. The van der Waals surface area contributed by atoms with Gasteiger partial charge in [0, 0.05) is 0 Å². The quantitative estimate of drug-likeness (QED) is 0.867. The number of nitrogens with two attached hydrogens (primary N) is 1. The number of sulfonamides is 1. The molecule has 0 atom stereocenters. The van der Waals surface area contributed by atoms with E-state index in [1.165, 1.54) is 0 Å². The van der Waals surface area contributed by atoms with Crippen molar-refractivity contribution in [3.05, 3.63) is 23.8 Å². The lowest BCUT2D eigenvalue weighted by molar-refractivity contribution is -0.275. The first-order valence-corrected chi connectivity index (χ1v) is 5.51. The Balaban J connectivity index is 3.38. The zero-order chi connectivity index (χ0) is 13.3. The number of nitriles is 1. The van der Waals surface area contributed by atoms with Crippen LogP contribution in [-0.4, -0.2) is 14.8 Å². The normalized spacial score (nSPS) is 11.9. The number of hydrogen-bond acceptors (Lipinski definition) is 4. The molecule has 0 saturated carbocycles. The van der Waals surface area contributed by atoms with E-state index in [1.807, 2.05) is 0 Å². The van der Waals surface area contributed by atoms with Crippen LogP contribution in [-0.2, 0) is 10.0 Å². The van der Waals surface area contributed by atoms with Gasteiger partial charge in [-0.2, -0.15) is 5.26 Å². The molecule has 0 aliphatic heterocycles. The fourth-order valence-corrected chi connectivity index (χ4v) is 1.66. The van der Waals surface area contributed by atoms with Crippen molar-refractivity contribution < 1.29 is 26.3 Å². The zero-order valence-electron chi connectivity index (χ0n) is 8.02. The summed E-state index contributed by atoms with van der Waals surface area (Å²) < 4.78 is 61.5. The lowest BCUT2D eigenvalue weighted by Crippen LogP contribution is -2.21. The Morgan fingerprint density at radius 2 is 1.94 bits per heavy atom. The Morgan fingerprint density at radius 3 is 2.35 bits per heavy atom. The van der Waals surface area contributed by atoms with E-state index < -0.39 is 27.0 Å². The molecule has 0 aromatic heterocycles. The second kappa shape index (κ2) is 4.23. The van der Waals surface area contributed by atoms with E-state index in [9.17, 15) is 21.6 Å². The van der Waals surface area contributed by atoms with Crippen molar-refractivity contribution >= 4 is 10.0 Å². The molecule has 0 amide bonds. The highest BCUT2D eigenvalue weighted by Gasteiger charge is 2.33. The Bertz CT molecular complexity index is 575. The van der Waals surface area contributed by atoms with Gasteiger partial charge in [0.1, 0.15) is 4.90 Å². The smallest absolute Gasteiger partial charge is 0.404 e. The molecule has 0 unspecified atom stereocenters. The van der Waals surface area contributed by atoms with Crippen LogP contribution in [0, 0.1) is 11.3 Å². The number of halogens is 3. The SMILES string of the molecule is N#Cc1ccc(S(N)(=O)=O)c(OC(F)(F)F)c1. The number of ether oxygens (including phenoxy) is 1. The number of hydrogen-bond donors (Lipinski definition) is 1. The lowest BCUT2D eigenvalue weighted by atomic mass is 10.2. The molecule has 9 heteroatoms. The third-order valence-corrected chi connectivity index (χ3v) is 2.56. The van der Waals surface area contributed by atoms with Gasteiger partial charge in [0.15, 0.2) is 5.75 Å². The minimum Gasteiger partial charge on any atom is -0.404 e. The Hall–Kier alpha value is -1.79. The summed E-state index contributed by atoms with van der Waals surface area (Å²) in [4.78, 5) is -0.839. The predicted octanol–water partition coefficient (Wildman–Crippen LogP) is 1.10. The monoisotopic (exact) mass is 266 g/mol. The first-order valence-electron chi connectivity index (χ1n) is 3.96. The van der Waals surface area contributed by atoms with Gasteiger partial charge >= 0.3 is 6.36 Å². The Kier molecular flexibility index (Phi) is 3.30. The molecule has 5 nitrogen and oxygen atoms in total. The Labute approximate surface area is 94.3 Å². The molecule has 0 spiro atoms. The Morgan fingerprint density at radius 1 is 1.35 bits per heavy atom. The highest BCUT2D eigenvalue weighted by atomic mass is 32.2. The van der Waals surface area contributed by atoms with E-state index in [0.717, 1.165) is 12.1 Å². The molecule has 0 aliphatic rings. The standard InChI is InChI=1S/C8H5F3N2O3S/c9-8(10,11)16-6-3-5(4-12)1-2-7(6)17(13,14)15/h1-3H,(H2,13,14,15). The first-order chi connectivity index (χ1) is 7.63. The van der Waals surface area contributed by atoms with Gasteiger partial charge in [-0.1, -0.05) is 0 Å². The van der Waals surface area contributed by atoms with Crippen LogP contribution in [0.5, 0.6) is 5.75 Å². The molecule has 0 saturated heterocycles. The van der Waals surface area contributed by atoms with Gasteiger partial charge in [0.25, 0.3) is 0 Å². The van der Waals surface area contributed by atoms with Crippen molar-refractivity contribution in [2.75, 3.05) is 0 Å². The first kappa shape index (κ1) is 13.3. The lowest BCUT2D eigenvalue weighted by Gasteiger charge is -2.12. The van der Waals surface area contributed by atoms with Gasteiger partial charge in [0.05, 0.1) is 11.6 Å². The number of primary sulfonamides is 1. The van der Waals surface area contributed by atoms with Crippen LogP contribution in [0.3, 0.4) is 0 Å². The summed E-state index contributed by atoms with van der Waals surface area (Å²) >= 11 is 0. The van der Waals surface area contributed by atoms with Crippen molar-refractivity contribution in [1.29, 1.82) is 5.26 Å². The average molecular weight is 266 g/mol. The van der Waals surface area contributed by atoms with Gasteiger partial charge in [-0.25, -0.2) is 13.6 Å². The van der Waals surface area contributed by atoms with Crippen LogP contribution in [0.2, 0.25) is 0 Å². The average Bonchev–Trinajstić information content (AvgIpc) is 2.13. The summed E-state index contributed by atoms with van der Waals surface area (Å²) in [6.45, 7) is 0. The van der Waals surface area contributed by atoms with Crippen LogP contribution in [0.4, 0.5) is 13.2 Å². The van der Waals surface area contributed by atoms with E-state index in [4.69, 9.17) is 10.4 Å². The van der Waals surface area contributed by atoms with Crippen molar-refractivity contribution in [2.45, 2.75) is 11.3 Å². The van der Waals surface area contributed by atoms with Gasteiger partial charge in [-0.05, 0) is 18.2 Å². The summed E-state index contributed by atoms with van der Waals surface area (Å²) in [7, 11) is -4.37. The maximum Gasteiger partial charge on any atom is 0.573 e. The highest BCUT2D eigenvalue weighted by Crippen LogP contribution is 2.29. The molecule has 0 radical (unpaired) electrons. The van der Waals surface area contributed by atoms with Gasteiger partial charge in [-0.3, -0.25) is 0 Å². The van der Waals surface area contributed by atoms with Gasteiger partial charge in [0.2, 0.25) is 10.0 Å². The van der Waals surface area contributed by atoms with Crippen molar-refractivity contribution in [2.24, 2.45) is 5.14 Å². The van der Waals surface area contributed by atoms with E-state index in [-0.39, 0.29) is 5.56 Å². The molecule has 1 aromatic carbocycles. The van der Waals surface area contributed by atoms with Crippen LogP contribution >= 0.6 is 0 Å². The van der Waals surface area contributed by atoms with Crippen LogP contribution in [0.15, 0.2) is 23.1 Å². The number of nitrogens with zero attached hydrogens (tertiary/aromatic N) is 1. The van der Waals surface area contributed by atoms with Crippen LogP contribution in [0.25, 0.3) is 0 Å². The van der Waals surface area contributed by atoms with Crippen molar-refractivity contribution in [3.63, 3.8) is 0 Å². The van der Waals surface area contributed by atoms with E-state index in [2.05, 4.69) is 4.74 Å². The third-order valence-electron chi connectivity index (χ3n) is 1.61. The summed E-state index contributed by atoms with van der Waals surface area (Å²) in [5.41, 5.74) is -0.184. The molecule has 2 N–H and O–H groups in total. The second-order valence-electron chi connectivity index (χ2n) is 2.87. The topological polar surface area (TPSA) is 93.2 Å². The summed E-state index contributed by atoms with van der Waals surface area (Å²) in [6.07, 6.45) is -5.08. The highest BCUT2D eigenvalue weighted by molar-refractivity contribution is 7.89. The maximum atomic E-state index is 12.0. The van der Waals surface area contributed by atoms with Gasteiger partial charge in [-0.15, -0.1) is 13.2 Å². The van der Waals surface area contributed by atoms with E-state index in [1.54, 1.807) is 6.07 Å². The number of rotatable bonds is 2. The largest absolute Gasteiger partial charge is 0.573 e. The fourth-order valence-electron chi connectivity index (χ4n) is 1.02. The minimum absolute atomic E-state index is 0.184. The van der Waals surface area contributed by atoms with Crippen LogP contribution in [0.1, 0.15) is 5.56 Å². The molecule has 0 bridgehead atoms. The molecule has 0 aliphatic carbocycles. The second-order valence-corrected chi connectivity index (χ2v) is 4.40. The zero-order valence-corrected chi connectivity index (χ0v) is 8.84. The summed E-state index contributed by atoms with van der Waals surface area (Å²) in [5, 5.41) is 13.2. The molecule has 17 heavy (non-hydrogen) atoms. The fraction of sp³-hybridized carbons (Fsp3) is 0.125. The molecule has 1 rings (SSSR count). The van der Waals surface area contributed by atoms with Crippen molar-refractivity contribution in [3.8, 4) is 11.8 Å². The molecule has 1 aromatic rings. The summed E-state index contributed by atoms with van der Waals surface area (Å²) in [6, 6.07) is 3.98. The number of benzene rings is 1. The predicted molar refractivity (Wildman–Crippen MR) is 49.2 cm³/mol. The van der Waals surface area contributed by atoms with Crippen molar-refractivity contribution in [1.82, 2.24) is 0 Å². The summed E-state index contributed by atoms with van der Waals surface area (Å²) in [5.74, 6) is -1.03. The molecular formula is C8H5F3N2O3S. The molecule has 92 valence electrons. The molecular weight excluding hydrogens is 261 g/mol. The van der Waals surface area contributed by atoms with Crippen LogP contribution < -0.4 is 9.88 Å².